The quantitative estimate of drug-likeness (QED) is 0.745. The van der Waals surface area contributed by atoms with Crippen LogP contribution in [-0.4, -0.2) is 12.6 Å². The maximum absolute atomic E-state index is 11.4. The summed E-state index contributed by atoms with van der Waals surface area (Å²) in [7, 11) is 0. The van der Waals surface area contributed by atoms with Crippen molar-refractivity contribution in [1.82, 2.24) is 10.6 Å². The van der Waals surface area contributed by atoms with Crippen LogP contribution >= 0.6 is 11.3 Å². The Balaban J connectivity index is 2.26. The van der Waals surface area contributed by atoms with E-state index < -0.39 is 0 Å². The standard InChI is InChI=1S/C11H18N2OS/c1-3-4-6-12-11(14)13-9(2)10-5-7-15-8-10/h5,7-9H,3-4,6H2,1-2H3,(H2,12,13,14). The number of unbranched alkanes of at least 4 members (excludes halogenated alkanes) is 1. The number of hydrogen-bond acceptors (Lipinski definition) is 2. The van der Waals surface area contributed by atoms with Crippen molar-refractivity contribution in [3.05, 3.63) is 22.4 Å². The minimum Gasteiger partial charge on any atom is -0.338 e. The Bertz CT molecular complexity index is 285. The van der Waals surface area contributed by atoms with Gasteiger partial charge in [-0.15, -0.1) is 0 Å². The summed E-state index contributed by atoms with van der Waals surface area (Å²) in [6.07, 6.45) is 2.13. The molecule has 0 fully saturated rings. The molecule has 1 rings (SSSR count). The number of nitrogens with one attached hydrogen (secondary N) is 2. The van der Waals surface area contributed by atoms with E-state index in [0.717, 1.165) is 24.9 Å². The van der Waals surface area contributed by atoms with E-state index in [1.54, 1.807) is 11.3 Å². The number of urea groups is 1. The molecule has 0 saturated heterocycles. The van der Waals surface area contributed by atoms with Crippen LogP contribution < -0.4 is 10.6 Å². The Morgan fingerprint density at radius 1 is 1.60 bits per heavy atom. The van der Waals surface area contributed by atoms with Crippen LogP contribution in [0.15, 0.2) is 16.8 Å². The van der Waals surface area contributed by atoms with E-state index in [9.17, 15) is 4.79 Å². The third-order valence-corrected chi connectivity index (χ3v) is 2.91. The second-order valence-corrected chi connectivity index (χ2v) is 4.31. The minimum absolute atomic E-state index is 0.0813. The Kier molecular flexibility index (Phi) is 5.18. The first-order valence-corrected chi connectivity index (χ1v) is 6.24. The summed E-state index contributed by atoms with van der Waals surface area (Å²) >= 11 is 1.64. The fraction of sp³-hybridized carbons (Fsp3) is 0.545. The van der Waals surface area contributed by atoms with Gasteiger partial charge in [-0.3, -0.25) is 0 Å². The smallest absolute Gasteiger partial charge is 0.315 e. The molecule has 0 spiro atoms. The monoisotopic (exact) mass is 226 g/mol. The molecule has 0 aromatic carbocycles. The van der Waals surface area contributed by atoms with E-state index in [4.69, 9.17) is 0 Å². The second kappa shape index (κ2) is 6.45. The molecule has 2 amide bonds. The molecular formula is C11H18N2OS. The topological polar surface area (TPSA) is 41.1 Å². The molecule has 15 heavy (non-hydrogen) atoms. The molecule has 1 aromatic rings. The van der Waals surface area contributed by atoms with Crippen LogP contribution in [0.3, 0.4) is 0 Å². The van der Waals surface area contributed by atoms with E-state index in [2.05, 4.69) is 22.9 Å². The molecule has 0 bridgehead atoms. The number of hydrogen-bond donors (Lipinski definition) is 2. The van der Waals surface area contributed by atoms with Crippen LogP contribution in [0, 0.1) is 0 Å². The largest absolute Gasteiger partial charge is 0.338 e. The van der Waals surface area contributed by atoms with E-state index in [1.165, 1.54) is 0 Å². The van der Waals surface area contributed by atoms with E-state index in [-0.39, 0.29) is 12.1 Å². The van der Waals surface area contributed by atoms with E-state index in [0.29, 0.717) is 0 Å². The Morgan fingerprint density at radius 3 is 3.00 bits per heavy atom. The van der Waals surface area contributed by atoms with Gasteiger partial charge in [-0.1, -0.05) is 13.3 Å². The first-order valence-electron chi connectivity index (χ1n) is 5.30. The maximum atomic E-state index is 11.4. The Labute approximate surface area is 94.9 Å². The molecular weight excluding hydrogens is 208 g/mol. The first-order chi connectivity index (χ1) is 7.24. The lowest BCUT2D eigenvalue weighted by molar-refractivity contribution is 0.238. The summed E-state index contributed by atoms with van der Waals surface area (Å²) in [5.74, 6) is 0. The van der Waals surface area contributed by atoms with Crippen molar-refractivity contribution in [1.29, 1.82) is 0 Å². The Morgan fingerprint density at radius 2 is 2.40 bits per heavy atom. The van der Waals surface area contributed by atoms with Crippen LogP contribution in [0.1, 0.15) is 38.3 Å². The zero-order valence-corrected chi connectivity index (χ0v) is 10.1. The molecule has 2 N–H and O–H groups in total. The molecule has 0 aliphatic heterocycles. The molecule has 0 saturated carbocycles. The van der Waals surface area contributed by atoms with Crippen molar-refractivity contribution in [3.8, 4) is 0 Å². The van der Waals surface area contributed by atoms with E-state index >= 15 is 0 Å². The van der Waals surface area contributed by atoms with Crippen molar-refractivity contribution >= 4 is 17.4 Å². The van der Waals surface area contributed by atoms with Crippen molar-refractivity contribution < 1.29 is 4.79 Å². The van der Waals surface area contributed by atoms with Gasteiger partial charge in [0.15, 0.2) is 0 Å². The molecule has 1 heterocycles. The number of thiophene rings is 1. The zero-order chi connectivity index (χ0) is 11.1. The van der Waals surface area contributed by atoms with Gasteiger partial charge in [0.1, 0.15) is 0 Å². The summed E-state index contributed by atoms with van der Waals surface area (Å²) in [4.78, 5) is 11.4. The summed E-state index contributed by atoms with van der Waals surface area (Å²) in [6.45, 7) is 4.84. The van der Waals surface area contributed by atoms with Crippen molar-refractivity contribution in [2.45, 2.75) is 32.7 Å². The van der Waals surface area contributed by atoms with Gasteiger partial charge in [0.25, 0.3) is 0 Å². The Hall–Kier alpha value is -1.03. The predicted molar refractivity (Wildman–Crippen MR) is 64.2 cm³/mol. The minimum atomic E-state index is -0.0813. The maximum Gasteiger partial charge on any atom is 0.315 e. The third-order valence-electron chi connectivity index (χ3n) is 2.21. The molecule has 1 unspecified atom stereocenters. The molecule has 0 radical (unpaired) electrons. The van der Waals surface area contributed by atoms with Gasteiger partial charge in [-0.25, -0.2) is 4.79 Å². The van der Waals surface area contributed by atoms with Gasteiger partial charge in [0.2, 0.25) is 0 Å². The highest BCUT2D eigenvalue weighted by Crippen LogP contribution is 2.14. The predicted octanol–water partition coefficient (Wildman–Crippen LogP) is 2.91. The lowest BCUT2D eigenvalue weighted by Crippen LogP contribution is -2.37. The van der Waals surface area contributed by atoms with Gasteiger partial charge in [-0.2, -0.15) is 11.3 Å². The zero-order valence-electron chi connectivity index (χ0n) is 9.25. The first kappa shape index (κ1) is 12.0. The number of rotatable bonds is 5. The van der Waals surface area contributed by atoms with Gasteiger partial charge in [0.05, 0.1) is 6.04 Å². The molecule has 1 aromatic heterocycles. The molecule has 4 heteroatoms. The third kappa shape index (κ3) is 4.34. The van der Waals surface area contributed by atoms with Gasteiger partial charge in [-0.05, 0) is 35.7 Å². The number of amides is 2. The molecule has 1 atom stereocenters. The highest BCUT2D eigenvalue weighted by atomic mass is 32.1. The van der Waals surface area contributed by atoms with Gasteiger partial charge < -0.3 is 10.6 Å². The average Bonchev–Trinajstić information content (AvgIpc) is 2.70. The van der Waals surface area contributed by atoms with Crippen LogP contribution in [-0.2, 0) is 0 Å². The molecule has 84 valence electrons. The van der Waals surface area contributed by atoms with Crippen LogP contribution in [0.5, 0.6) is 0 Å². The molecule has 0 aliphatic rings. The normalized spacial score (nSPS) is 12.1. The second-order valence-electron chi connectivity index (χ2n) is 3.53. The lowest BCUT2D eigenvalue weighted by Gasteiger charge is -2.13. The summed E-state index contributed by atoms with van der Waals surface area (Å²) in [5, 5.41) is 9.80. The van der Waals surface area contributed by atoms with Gasteiger partial charge in [0, 0.05) is 6.54 Å². The fourth-order valence-corrected chi connectivity index (χ4v) is 1.99. The molecule has 0 aliphatic carbocycles. The van der Waals surface area contributed by atoms with Crippen LogP contribution in [0.2, 0.25) is 0 Å². The van der Waals surface area contributed by atoms with Crippen molar-refractivity contribution in [2.75, 3.05) is 6.54 Å². The number of carbonyl (C=O) groups is 1. The van der Waals surface area contributed by atoms with Crippen LogP contribution in [0.25, 0.3) is 0 Å². The summed E-state index contributed by atoms with van der Waals surface area (Å²) < 4.78 is 0. The van der Waals surface area contributed by atoms with Crippen molar-refractivity contribution in [2.24, 2.45) is 0 Å². The SMILES string of the molecule is CCCCNC(=O)NC(C)c1ccsc1. The molecule has 3 nitrogen and oxygen atoms in total. The van der Waals surface area contributed by atoms with Crippen molar-refractivity contribution in [3.63, 3.8) is 0 Å². The van der Waals surface area contributed by atoms with Crippen LogP contribution in [0.4, 0.5) is 4.79 Å². The van der Waals surface area contributed by atoms with Gasteiger partial charge >= 0.3 is 6.03 Å². The lowest BCUT2D eigenvalue weighted by atomic mass is 10.2. The van der Waals surface area contributed by atoms with E-state index in [1.807, 2.05) is 18.4 Å². The highest BCUT2D eigenvalue weighted by Gasteiger charge is 2.08. The number of carbonyl (C=O) groups excluding carboxylic acids is 1. The summed E-state index contributed by atoms with van der Waals surface area (Å²) in [6, 6.07) is 2.03. The average molecular weight is 226 g/mol. The summed E-state index contributed by atoms with van der Waals surface area (Å²) in [5.41, 5.74) is 1.16. The highest BCUT2D eigenvalue weighted by molar-refractivity contribution is 7.07. The fourth-order valence-electron chi connectivity index (χ4n) is 1.23.